The molecule has 4 N–H and O–H groups in total. The predicted molar refractivity (Wildman–Crippen MR) is 56.3 cm³/mol. The maximum Gasteiger partial charge on any atom is 0.404 e. The fourth-order valence-corrected chi connectivity index (χ4v) is 0.854. The molecule has 1 atom stereocenters. The molecule has 15 heavy (non-hydrogen) atoms. The van der Waals surface area contributed by atoms with Crippen LogP contribution in [0.4, 0.5) is 4.79 Å². The molecule has 1 unspecified atom stereocenters. The van der Waals surface area contributed by atoms with Crippen molar-refractivity contribution in [2.45, 2.75) is 26.3 Å². The molecular formula is C9H19N3O3. The molecule has 0 radical (unpaired) electrons. The number of hydrogen-bond acceptors (Lipinski definition) is 4. The van der Waals surface area contributed by atoms with Crippen molar-refractivity contribution in [2.24, 2.45) is 5.73 Å². The molecule has 0 bridgehead atoms. The number of carbonyl (C=O) groups excluding carboxylic acids is 2. The Labute approximate surface area is 89.5 Å². The van der Waals surface area contributed by atoms with Crippen molar-refractivity contribution in [3.8, 4) is 0 Å². The highest BCUT2D eigenvalue weighted by Gasteiger charge is 2.04. The first kappa shape index (κ1) is 13.7. The van der Waals surface area contributed by atoms with Crippen LogP contribution in [0.25, 0.3) is 0 Å². The Kier molecular flexibility index (Phi) is 7.35. The van der Waals surface area contributed by atoms with Crippen LogP contribution in [0.15, 0.2) is 0 Å². The molecule has 6 nitrogen and oxygen atoms in total. The van der Waals surface area contributed by atoms with Gasteiger partial charge < -0.3 is 21.1 Å². The minimum Gasteiger partial charge on any atom is -0.448 e. The molecule has 0 aliphatic rings. The summed E-state index contributed by atoms with van der Waals surface area (Å²) in [6.07, 6.45) is 0.0946. The van der Waals surface area contributed by atoms with Crippen LogP contribution in [0.5, 0.6) is 0 Å². The van der Waals surface area contributed by atoms with Gasteiger partial charge in [0.25, 0.3) is 0 Å². The summed E-state index contributed by atoms with van der Waals surface area (Å²) in [5, 5.41) is 5.62. The lowest BCUT2D eigenvalue weighted by molar-refractivity contribution is -0.120. The zero-order valence-electron chi connectivity index (χ0n) is 9.21. The van der Waals surface area contributed by atoms with E-state index >= 15 is 0 Å². The van der Waals surface area contributed by atoms with Gasteiger partial charge in [0.2, 0.25) is 5.91 Å². The van der Waals surface area contributed by atoms with Crippen LogP contribution in [-0.4, -0.2) is 37.7 Å². The van der Waals surface area contributed by atoms with Crippen molar-refractivity contribution in [3.05, 3.63) is 0 Å². The van der Waals surface area contributed by atoms with Gasteiger partial charge in [-0.2, -0.15) is 0 Å². The fraction of sp³-hybridized carbons (Fsp3) is 0.778. The lowest BCUT2D eigenvalue weighted by Gasteiger charge is -2.11. The van der Waals surface area contributed by atoms with Crippen molar-refractivity contribution < 1.29 is 14.3 Å². The highest BCUT2D eigenvalue weighted by Crippen LogP contribution is 1.86. The summed E-state index contributed by atoms with van der Waals surface area (Å²) < 4.78 is 4.47. The zero-order valence-corrected chi connectivity index (χ0v) is 9.21. The molecule has 88 valence electrons. The number of amides is 2. The quantitative estimate of drug-likeness (QED) is 0.505. The number of carbonyl (C=O) groups is 2. The van der Waals surface area contributed by atoms with Gasteiger partial charge in [-0.1, -0.05) is 6.92 Å². The average molecular weight is 217 g/mol. The van der Waals surface area contributed by atoms with E-state index < -0.39 is 6.09 Å². The van der Waals surface area contributed by atoms with Gasteiger partial charge in [0.15, 0.2) is 0 Å². The molecule has 0 aliphatic carbocycles. The monoisotopic (exact) mass is 217 g/mol. The van der Waals surface area contributed by atoms with E-state index in [1.807, 2.05) is 13.8 Å². The van der Waals surface area contributed by atoms with E-state index in [-0.39, 0.29) is 25.1 Å². The summed E-state index contributed by atoms with van der Waals surface area (Å²) >= 11 is 0. The molecule has 0 rings (SSSR count). The molecule has 0 heterocycles. The second-order valence-corrected chi connectivity index (χ2v) is 3.22. The molecule has 0 aromatic carbocycles. The fourth-order valence-electron chi connectivity index (χ4n) is 0.854. The van der Waals surface area contributed by atoms with Gasteiger partial charge in [0, 0.05) is 12.6 Å². The van der Waals surface area contributed by atoms with Crippen molar-refractivity contribution in [1.82, 2.24) is 10.6 Å². The van der Waals surface area contributed by atoms with Crippen LogP contribution in [0.1, 0.15) is 20.3 Å². The highest BCUT2D eigenvalue weighted by atomic mass is 16.5. The lowest BCUT2D eigenvalue weighted by Crippen LogP contribution is -2.39. The van der Waals surface area contributed by atoms with Crippen LogP contribution in [0, 0.1) is 0 Å². The van der Waals surface area contributed by atoms with Crippen LogP contribution in [0.2, 0.25) is 0 Å². The number of nitrogens with two attached hydrogens (primary N) is 1. The SMILES string of the molecule is CCC(C)NC(=O)CNCCOC(N)=O. The molecule has 0 fully saturated rings. The van der Waals surface area contributed by atoms with E-state index in [0.29, 0.717) is 6.54 Å². The first-order valence-corrected chi connectivity index (χ1v) is 4.98. The molecule has 0 aliphatic heterocycles. The number of rotatable bonds is 7. The molecule has 0 aromatic heterocycles. The topological polar surface area (TPSA) is 93.4 Å². The van der Waals surface area contributed by atoms with E-state index in [1.165, 1.54) is 0 Å². The summed E-state index contributed by atoms with van der Waals surface area (Å²) in [5.41, 5.74) is 4.75. The summed E-state index contributed by atoms with van der Waals surface area (Å²) in [5.74, 6) is -0.0663. The molecule has 0 aromatic rings. The Morgan fingerprint density at radius 2 is 2.13 bits per heavy atom. The standard InChI is InChI=1S/C9H19N3O3/c1-3-7(2)12-8(13)6-11-4-5-15-9(10)14/h7,11H,3-6H2,1-2H3,(H2,10,14)(H,12,13). The average Bonchev–Trinajstić information content (AvgIpc) is 2.16. The number of nitrogens with one attached hydrogen (secondary N) is 2. The Balaban J connectivity index is 3.35. The normalized spacial score (nSPS) is 11.9. The third kappa shape index (κ3) is 9.01. The number of ether oxygens (including phenoxy) is 1. The first-order valence-electron chi connectivity index (χ1n) is 4.98. The van der Waals surface area contributed by atoms with Crippen LogP contribution < -0.4 is 16.4 Å². The van der Waals surface area contributed by atoms with Gasteiger partial charge >= 0.3 is 6.09 Å². The van der Waals surface area contributed by atoms with Crippen molar-refractivity contribution in [1.29, 1.82) is 0 Å². The van der Waals surface area contributed by atoms with Gasteiger partial charge in [-0.3, -0.25) is 4.79 Å². The van der Waals surface area contributed by atoms with Gasteiger partial charge in [0.05, 0.1) is 6.54 Å². The van der Waals surface area contributed by atoms with Gasteiger partial charge in [-0.05, 0) is 13.3 Å². The predicted octanol–water partition coefficient (Wildman–Crippen LogP) is -0.414. The second-order valence-electron chi connectivity index (χ2n) is 3.22. The van der Waals surface area contributed by atoms with E-state index in [9.17, 15) is 9.59 Å². The maximum atomic E-state index is 11.2. The Morgan fingerprint density at radius 1 is 1.47 bits per heavy atom. The molecule has 2 amide bonds. The Hall–Kier alpha value is -1.30. The minimum atomic E-state index is -0.805. The highest BCUT2D eigenvalue weighted by molar-refractivity contribution is 5.78. The molecule has 6 heteroatoms. The van der Waals surface area contributed by atoms with Gasteiger partial charge in [-0.25, -0.2) is 4.79 Å². The van der Waals surface area contributed by atoms with Gasteiger partial charge in [0.1, 0.15) is 6.61 Å². The smallest absolute Gasteiger partial charge is 0.404 e. The van der Waals surface area contributed by atoms with Crippen LogP contribution >= 0.6 is 0 Å². The number of hydrogen-bond donors (Lipinski definition) is 3. The maximum absolute atomic E-state index is 11.2. The van der Waals surface area contributed by atoms with E-state index in [1.54, 1.807) is 0 Å². The van der Waals surface area contributed by atoms with Gasteiger partial charge in [-0.15, -0.1) is 0 Å². The lowest BCUT2D eigenvalue weighted by atomic mass is 10.2. The zero-order chi connectivity index (χ0) is 11.7. The molecule has 0 saturated carbocycles. The van der Waals surface area contributed by atoms with E-state index in [2.05, 4.69) is 15.4 Å². The van der Waals surface area contributed by atoms with E-state index in [0.717, 1.165) is 6.42 Å². The third-order valence-electron chi connectivity index (χ3n) is 1.83. The molecular weight excluding hydrogens is 198 g/mol. The molecule has 0 saturated heterocycles. The summed E-state index contributed by atoms with van der Waals surface area (Å²) in [6, 6.07) is 0.182. The van der Waals surface area contributed by atoms with Crippen LogP contribution in [-0.2, 0) is 9.53 Å². The largest absolute Gasteiger partial charge is 0.448 e. The Bertz CT molecular complexity index is 209. The summed E-state index contributed by atoms with van der Waals surface area (Å²) in [4.78, 5) is 21.4. The molecule has 0 spiro atoms. The first-order chi connectivity index (χ1) is 7.06. The number of primary amides is 1. The summed E-state index contributed by atoms with van der Waals surface area (Å²) in [6.45, 7) is 4.74. The minimum absolute atomic E-state index is 0.0663. The van der Waals surface area contributed by atoms with Crippen molar-refractivity contribution in [2.75, 3.05) is 19.7 Å². The van der Waals surface area contributed by atoms with E-state index in [4.69, 9.17) is 5.73 Å². The second kappa shape index (κ2) is 8.05. The Morgan fingerprint density at radius 3 is 2.67 bits per heavy atom. The summed E-state index contributed by atoms with van der Waals surface area (Å²) in [7, 11) is 0. The van der Waals surface area contributed by atoms with Crippen molar-refractivity contribution in [3.63, 3.8) is 0 Å². The third-order valence-corrected chi connectivity index (χ3v) is 1.83. The van der Waals surface area contributed by atoms with Crippen molar-refractivity contribution >= 4 is 12.0 Å². The van der Waals surface area contributed by atoms with Crippen LogP contribution in [0.3, 0.4) is 0 Å².